The Morgan fingerprint density at radius 2 is 2.04 bits per heavy atom. The number of para-hydroxylation sites is 1. The first kappa shape index (κ1) is 18.0. The van der Waals surface area contributed by atoms with Crippen LogP contribution in [0.2, 0.25) is 0 Å². The summed E-state index contributed by atoms with van der Waals surface area (Å²) in [7, 11) is 0. The molecule has 6 nitrogen and oxygen atoms in total. The van der Waals surface area contributed by atoms with E-state index in [1.165, 1.54) is 6.08 Å². The van der Waals surface area contributed by atoms with Gasteiger partial charge < -0.3 is 23.9 Å². The van der Waals surface area contributed by atoms with Gasteiger partial charge in [0.15, 0.2) is 11.5 Å². The monoisotopic (exact) mass is 379 g/mol. The Bertz CT molecular complexity index is 1020. The summed E-state index contributed by atoms with van der Waals surface area (Å²) < 4.78 is 22.0. The number of carbonyl (C=O) groups is 1. The zero-order chi connectivity index (χ0) is 19.3. The maximum absolute atomic E-state index is 12.1. The van der Waals surface area contributed by atoms with E-state index in [4.69, 9.17) is 18.6 Å². The molecule has 0 bridgehead atoms. The Labute approximate surface area is 162 Å². The van der Waals surface area contributed by atoms with Crippen LogP contribution in [0.15, 0.2) is 53.0 Å². The Hall–Kier alpha value is -3.41. The lowest BCUT2D eigenvalue weighted by Gasteiger charge is -2.07. The number of rotatable bonds is 7. The fourth-order valence-corrected chi connectivity index (χ4v) is 3.09. The van der Waals surface area contributed by atoms with Gasteiger partial charge in [-0.05, 0) is 24.3 Å². The van der Waals surface area contributed by atoms with Gasteiger partial charge >= 0.3 is 0 Å². The first-order chi connectivity index (χ1) is 13.7. The van der Waals surface area contributed by atoms with E-state index in [2.05, 4.69) is 5.32 Å². The van der Waals surface area contributed by atoms with E-state index in [1.54, 1.807) is 18.2 Å². The van der Waals surface area contributed by atoms with Crippen LogP contribution >= 0.6 is 0 Å². The number of furan rings is 1. The molecular weight excluding hydrogens is 358 g/mol. The summed E-state index contributed by atoms with van der Waals surface area (Å²) in [4.78, 5) is 12.1. The van der Waals surface area contributed by atoms with Crippen LogP contribution in [0.1, 0.15) is 18.2 Å². The van der Waals surface area contributed by atoms with E-state index in [0.717, 1.165) is 28.7 Å². The van der Waals surface area contributed by atoms with Crippen LogP contribution in [0.25, 0.3) is 17.0 Å². The van der Waals surface area contributed by atoms with Crippen LogP contribution in [0, 0.1) is 0 Å². The molecule has 0 atom stereocenters. The number of aryl methyl sites for hydroxylation is 1. The van der Waals surface area contributed by atoms with Gasteiger partial charge in [0.2, 0.25) is 12.7 Å². The molecule has 0 saturated carbocycles. The molecule has 1 aromatic heterocycles. The second-order valence-electron chi connectivity index (χ2n) is 6.28. The molecule has 4 rings (SSSR count). The Balaban J connectivity index is 1.30. The highest BCUT2D eigenvalue weighted by Gasteiger charge is 2.13. The summed E-state index contributed by atoms with van der Waals surface area (Å²) in [5.41, 5.74) is 1.78. The Kier molecular flexibility index (Phi) is 5.19. The van der Waals surface area contributed by atoms with Gasteiger partial charge in [-0.3, -0.25) is 4.79 Å². The molecule has 3 aromatic rings. The first-order valence-corrected chi connectivity index (χ1v) is 9.23. The van der Waals surface area contributed by atoms with E-state index in [1.807, 2.05) is 37.3 Å². The summed E-state index contributed by atoms with van der Waals surface area (Å²) in [6.45, 7) is 3.01. The number of carbonyl (C=O) groups excluding carboxylic acids is 1. The van der Waals surface area contributed by atoms with Crippen molar-refractivity contribution in [2.75, 3.05) is 19.9 Å². The van der Waals surface area contributed by atoms with Crippen molar-refractivity contribution in [3.05, 3.63) is 59.9 Å². The van der Waals surface area contributed by atoms with Gasteiger partial charge in [-0.2, -0.15) is 0 Å². The van der Waals surface area contributed by atoms with Crippen molar-refractivity contribution < 1.29 is 23.4 Å². The summed E-state index contributed by atoms with van der Waals surface area (Å²) in [5, 5.41) is 3.82. The lowest BCUT2D eigenvalue weighted by Crippen LogP contribution is -2.26. The van der Waals surface area contributed by atoms with Crippen molar-refractivity contribution in [2.45, 2.75) is 13.3 Å². The fourth-order valence-electron chi connectivity index (χ4n) is 3.09. The summed E-state index contributed by atoms with van der Waals surface area (Å²) in [6.07, 6.45) is 4.09. The smallest absolute Gasteiger partial charge is 0.244 e. The number of ether oxygens (including phenoxy) is 3. The third kappa shape index (κ3) is 3.81. The maximum Gasteiger partial charge on any atom is 0.244 e. The summed E-state index contributed by atoms with van der Waals surface area (Å²) in [6, 6.07) is 13.2. The Morgan fingerprint density at radius 3 is 2.93 bits per heavy atom. The molecule has 1 amide bonds. The van der Waals surface area contributed by atoms with E-state index in [-0.39, 0.29) is 12.7 Å². The van der Waals surface area contributed by atoms with Crippen molar-refractivity contribution in [3.63, 3.8) is 0 Å². The van der Waals surface area contributed by atoms with Crippen molar-refractivity contribution in [1.82, 2.24) is 5.32 Å². The molecule has 0 fully saturated rings. The number of benzene rings is 2. The molecule has 0 aliphatic carbocycles. The highest BCUT2D eigenvalue weighted by Crippen LogP contribution is 2.35. The number of hydrogen-bond donors (Lipinski definition) is 1. The third-order valence-electron chi connectivity index (χ3n) is 4.45. The van der Waals surface area contributed by atoms with E-state index < -0.39 is 0 Å². The summed E-state index contributed by atoms with van der Waals surface area (Å²) in [5.74, 6) is 2.75. The normalized spacial score (nSPS) is 12.6. The number of nitrogens with one attached hydrogen (secondary N) is 1. The van der Waals surface area contributed by atoms with Crippen molar-refractivity contribution in [3.8, 4) is 17.2 Å². The lowest BCUT2D eigenvalue weighted by molar-refractivity contribution is -0.116. The molecule has 0 saturated heterocycles. The molecule has 28 heavy (non-hydrogen) atoms. The zero-order valence-electron chi connectivity index (χ0n) is 15.6. The predicted octanol–water partition coefficient (Wildman–Crippen LogP) is 3.93. The quantitative estimate of drug-likeness (QED) is 0.497. The number of fused-ring (bicyclic) bond motifs is 2. The number of amides is 1. The van der Waals surface area contributed by atoms with Crippen LogP contribution in [-0.4, -0.2) is 25.9 Å². The molecule has 1 N–H and O–H groups in total. The van der Waals surface area contributed by atoms with E-state index in [0.29, 0.717) is 30.4 Å². The van der Waals surface area contributed by atoms with Gasteiger partial charge in [0.25, 0.3) is 0 Å². The van der Waals surface area contributed by atoms with Crippen LogP contribution < -0.4 is 19.5 Å². The minimum atomic E-state index is -0.179. The molecule has 0 spiro atoms. The first-order valence-electron chi connectivity index (χ1n) is 9.23. The molecule has 0 radical (unpaired) electrons. The standard InChI is InChI=1S/C22H21NO5/c1-2-18-17(16-5-3-4-6-19(16)28-18)8-10-22(24)23-11-12-25-15-7-9-20-21(13-15)27-14-26-20/h3-10,13H,2,11-12,14H2,1H3,(H,23,24)/b10-8+. The third-order valence-corrected chi connectivity index (χ3v) is 4.45. The van der Waals surface area contributed by atoms with E-state index in [9.17, 15) is 4.79 Å². The largest absolute Gasteiger partial charge is 0.492 e. The SMILES string of the molecule is CCc1oc2ccccc2c1/C=C/C(=O)NCCOc1ccc2c(c1)OCO2. The van der Waals surface area contributed by atoms with Crippen LogP contribution in [0.4, 0.5) is 0 Å². The van der Waals surface area contributed by atoms with Crippen LogP contribution in [-0.2, 0) is 11.2 Å². The maximum atomic E-state index is 12.1. The number of hydrogen-bond acceptors (Lipinski definition) is 5. The predicted molar refractivity (Wildman–Crippen MR) is 106 cm³/mol. The minimum Gasteiger partial charge on any atom is -0.492 e. The molecule has 2 heterocycles. The van der Waals surface area contributed by atoms with Crippen molar-refractivity contribution >= 4 is 23.0 Å². The van der Waals surface area contributed by atoms with Crippen molar-refractivity contribution in [2.24, 2.45) is 0 Å². The van der Waals surface area contributed by atoms with Gasteiger partial charge in [0.05, 0.1) is 6.54 Å². The summed E-state index contributed by atoms with van der Waals surface area (Å²) >= 11 is 0. The highest BCUT2D eigenvalue weighted by atomic mass is 16.7. The van der Waals surface area contributed by atoms with Gasteiger partial charge in [-0.25, -0.2) is 0 Å². The molecular formula is C22H21NO5. The Morgan fingerprint density at radius 1 is 1.18 bits per heavy atom. The fraction of sp³-hybridized carbons (Fsp3) is 0.227. The average Bonchev–Trinajstić information content (AvgIpc) is 3.33. The lowest BCUT2D eigenvalue weighted by atomic mass is 10.1. The second kappa shape index (κ2) is 8.08. The molecule has 144 valence electrons. The van der Waals surface area contributed by atoms with Crippen LogP contribution in [0.3, 0.4) is 0 Å². The molecule has 0 unspecified atom stereocenters. The molecule has 1 aliphatic heterocycles. The highest BCUT2D eigenvalue weighted by molar-refractivity contribution is 5.96. The molecule has 1 aliphatic rings. The topological polar surface area (TPSA) is 69.9 Å². The zero-order valence-corrected chi connectivity index (χ0v) is 15.6. The molecule has 2 aromatic carbocycles. The second-order valence-corrected chi connectivity index (χ2v) is 6.28. The van der Waals surface area contributed by atoms with Crippen LogP contribution in [0.5, 0.6) is 17.2 Å². The van der Waals surface area contributed by atoms with Gasteiger partial charge in [-0.1, -0.05) is 25.1 Å². The van der Waals surface area contributed by atoms with Gasteiger partial charge in [-0.15, -0.1) is 0 Å². The molecule has 6 heteroatoms. The van der Waals surface area contributed by atoms with Gasteiger partial charge in [0.1, 0.15) is 23.7 Å². The minimum absolute atomic E-state index is 0.179. The van der Waals surface area contributed by atoms with E-state index >= 15 is 0 Å². The van der Waals surface area contributed by atoms with Crippen molar-refractivity contribution in [1.29, 1.82) is 0 Å². The van der Waals surface area contributed by atoms with Gasteiger partial charge in [0, 0.05) is 29.5 Å². The average molecular weight is 379 g/mol.